The van der Waals surface area contributed by atoms with Crippen LogP contribution in [-0.2, 0) is 21.0 Å². The summed E-state index contributed by atoms with van der Waals surface area (Å²) in [6.07, 6.45) is 0. The van der Waals surface area contributed by atoms with Gasteiger partial charge in [-0.1, -0.05) is 50.2 Å². The number of hydrogen-bond donors (Lipinski definition) is 0. The third-order valence-corrected chi connectivity index (χ3v) is 5.88. The third-order valence-electron chi connectivity index (χ3n) is 3.77. The van der Waals surface area contributed by atoms with Crippen LogP contribution in [0, 0.1) is 0 Å². The van der Waals surface area contributed by atoms with Crippen molar-refractivity contribution < 1.29 is 4.18 Å². The van der Waals surface area contributed by atoms with Gasteiger partial charge < -0.3 is 0 Å². The van der Waals surface area contributed by atoms with Gasteiger partial charge in [0.2, 0.25) is 16.1 Å². The highest BCUT2D eigenvalue weighted by Gasteiger charge is 2.49. The minimum absolute atomic E-state index is 0.205. The van der Waals surface area contributed by atoms with E-state index in [-0.39, 0.29) is 16.8 Å². The molecule has 2 aromatic rings. The second-order valence-corrected chi connectivity index (χ2v) is 7.63. The Hall–Kier alpha value is -1.25. The van der Waals surface area contributed by atoms with Gasteiger partial charge in [-0.05, 0) is 31.9 Å². The second kappa shape index (κ2) is 4.94. The maximum atomic E-state index is 6.42. The van der Waals surface area contributed by atoms with Crippen molar-refractivity contribution in [2.45, 2.75) is 49.0 Å². The molecule has 1 aliphatic rings. The van der Waals surface area contributed by atoms with Crippen molar-refractivity contribution in [1.82, 2.24) is 0 Å². The zero-order chi connectivity index (χ0) is 14.3. The Morgan fingerprint density at radius 3 is 2.20 bits per heavy atom. The highest BCUT2D eigenvalue weighted by atomic mass is 32.2. The fourth-order valence-corrected chi connectivity index (χ4v) is 5.07. The van der Waals surface area contributed by atoms with Crippen LogP contribution in [0.5, 0.6) is 0 Å². The van der Waals surface area contributed by atoms with Gasteiger partial charge in [-0.3, -0.25) is 0 Å². The maximum absolute atomic E-state index is 6.42. The normalized spacial score (nSPS) is 20.1. The molecule has 1 heterocycles. The number of fused-ring (bicyclic) bond motifs is 1. The van der Waals surface area contributed by atoms with Crippen LogP contribution in [0.3, 0.4) is 0 Å². The Morgan fingerprint density at radius 2 is 1.50 bits per heavy atom. The molecule has 1 aliphatic heterocycles. The van der Waals surface area contributed by atoms with Gasteiger partial charge >= 0.3 is 0 Å². The zero-order valence-corrected chi connectivity index (χ0v) is 13.3. The van der Waals surface area contributed by atoms with E-state index in [1.165, 1.54) is 20.9 Å². The molecule has 0 radical (unpaired) electrons. The molecule has 2 aromatic carbocycles. The standard InChI is InChI=1S/C18H21OS/c1-13(2)14-9-5-7-11-16(14)20-17-12-8-6-10-15(17)18(3,4)19-20/h5-13H,1-4H3/q+1. The topological polar surface area (TPSA) is 9.23 Å². The fourth-order valence-electron chi connectivity index (χ4n) is 2.71. The van der Waals surface area contributed by atoms with Crippen molar-refractivity contribution in [3.63, 3.8) is 0 Å². The molecule has 0 saturated heterocycles. The molecule has 1 atom stereocenters. The minimum Gasteiger partial charge on any atom is -0.151 e. The first-order valence-corrected chi connectivity index (χ1v) is 8.28. The first-order valence-electron chi connectivity index (χ1n) is 7.13. The predicted octanol–water partition coefficient (Wildman–Crippen LogP) is 5.03. The molecule has 3 rings (SSSR count). The molecular formula is C18H21OS+. The van der Waals surface area contributed by atoms with Crippen LogP contribution >= 0.6 is 0 Å². The maximum Gasteiger partial charge on any atom is 0.224 e. The molecule has 1 unspecified atom stereocenters. The Labute approximate surface area is 124 Å². The Kier molecular flexibility index (Phi) is 3.39. The highest BCUT2D eigenvalue weighted by Crippen LogP contribution is 2.46. The highest BCUT2D eigenvalue weighted by molar-refractivity contribution is 7.92. The van der Waals surface area contributed by atoms with Crippen LogP contribution in [0.25, 0.3) is 0 Å². The fraction of sp³-hybridized carbons (Fsp3) is 0.333. The van der Waals surface area contributed by atoms with Crippen molar-refractivity contribution >= 4 is 11.2 Å². The van der Waals surface area contributed by atoms with Gasteiger partial charge in [0.15, 0.2) is 10.5 Å². The van der Waals surface area contributed by atoms with Crippen LogP contribution in [0.2, 0.25) is 0 Å². The Morgan fingerprint density at radius 1 is 0.900 bits per heavy atom. The van der Waals surface area contributed by atoms with Crippen molar-refractivity contribution in [3.05, 3.63) is 59.7 Å². The van der Waals surface area contributed by atoms with Crippen LogP contribution < -0.4 is 0 Å². The molecule has 20 heavy (non-hydrogen) atoms. The van der Waals surface area contributed by atoms with E-state index in [0.29, 0.717) is 5.92 Å². The van der Waals surface area contributed by atoms with Gasteiger partial charge in [0.25, 0.3) is 0 Å². The molecule has 0 amide bonds. The molecule has 0 fully saturated rings. The summed E-state index contributed by atoms with van der Waals surface area (Å²) in [6.45, 7) is 8.82. The first kappa shape index (κ1) is 13.7. The largest absolute Gasteiger partial charge is 0.224 e. The molecule has 1 nitrogen and oxygen atoms in total. The lowest BCUT2D eigenvalue weighted by atomic mass is 9.99. The Balaban J connectivity index is 2.14. The van der Waals surface area contributed by atoms with E-state index < -0.39 is 0 Å². The van der Waals surface area contributed by atoms with Gasteiger partial charge in [-0.25, -0.2) is 0 Å². The van der Waals surface area contributed by atoms with Crippen LogP contribution in [0.4, 0.5) is 0 Å². The quantitative estimate of drug-likeness (QED) is 0.703. The number of rotatable bonds is 2. The van der Waals surface area contributed by atoms with Crippen LogP contribution in [0.15, 0.2) is 58.3 Å². The molecule has 104 valence electrons. The third kappa shape index (κ3) is 2.17. The molecular weight excluding hydrogens is 264 g/mol. The molecule has 0 aromatic heterocycles. The summed E-state index contributed by atoms with van der Waals surface area (Å²) >= 11 is -0.267. The minimum atomic E-state index is -0.267. The monoisotopic (exact) mass is 285 g/mol. The van der Waals surface area contributed by atoms with Gasteiger partial charge in [-0.2, -0.15) is 4.18 Å². The average Bonchev–Trinajstić information content (AvgIpc) is 2.71. The van der Waals surface area contributed by atoms with E-state index in [1.807, 2.05) is 0 Å². The van der Waals surface area contributed by atoms with Gasteiger partial charge in [0.1, 0.15) is 0 Å². The predicted molar refractivity (Wildman–Crippen MR) is 85.0 cm³/mol. The smallest absolute Gasteiger partial charge is 0.151 e. The molecule has 0 N–H and O–H groups in total. The first-order chi connectivity index (χ1) is 9.50. The van der Waals surface area contributed by atoms with E-state index >= 15 is 0 Å². The van der Waals surface area contributed by atoms with E-state index in [0.717, 1.165) is 0 Å². The lowest BCUT2D eigenvalue weighted by molar-refractivity contribution is 0.146. The molecule has 0 bridgehead atoms. The molecule has 0 aliphatic carbocycles. The number of benzene rings is 2. The van der Waals surface area contributed by atoms with Crippen LogP contribution in [-0.4, -0.2) is 0 Å². The summed E-state index contributed by atoms with van der Waals surface area (Å²) in [5, 5.41) is 0. The summed E-state index contributed by atoms with van der Waals surface area (Å²) < 4.78 is 6.42. The summed E-state index contributed by atoms with van der Waals surface area (Å²) in [7, 11) is 0. The van der Waals surface area contributed by atoms with Gasteiger partial charge in [0, 0.05) is 11.1 Å². The lowest BCUT2D eigenvalue weighted by Crippen LogP contribution is -2.17. The SMILES string of the molecule is CC(C)c1ccccc1[S+]1OC(C)(C)c2ccccc21. The number of hydrogen-bond acceptors (Lipinski definition) is 1. The second-order valence-electron chi connectivity index (χ2n) is 6.05. The molecule has 2 heteroatoms. The van der Waals surface area contributed by atoms with Crippen molar-refractivity contribution in [2.24, 2.45) is 0 Å². The summed E-state index contributed by atoms with van der Waals surface area (Å²) in [6, 6.07) is 17.3. The van der Waals surface area contributed by atoms with E-state index in [1.54, 1.807) is 0 Å². The van der Waals surface area contributed by atoms with E-state index in [9.17, 15) is 0 Å². The van der Waals surface area contributed by atoms with Crippen molar-refractivity contribution in [1.29, 1.82) is 0 Å². The van der Waals surface area contributed by atoms with E-state index in [4.69, 9.17) is 4.18 Å². The van der Waals surface area contributed by atoms with Gasteiger partial charge in [0.05, 0.1) is 0 Å². The zero-order valence-electron chi connectivity index (χ0n) is 12.5. The summed E-state index contributed by atoms with van der Waals surface area (Å²) in [4.78, 5) is 2.67. The average molecular weight is 285 g/mol. The van der Waals surface area contributed by atoms with Gasteiger partial charge in [-0.15, -0.1) is 0 Å². The summed E-state index contributed by atoms with van der Waals surface area (Å²) in [5.41, 5.74) is 2.51. The summed E-state index contributed by atoms with van der Waals surface area (Å²) in [5.74, 6) is 0.512. The van der Waals surface area contributed by atoms with Crippen molar-refractivity contribution in [3.8, 4) is 0 Å². The lowest BCUT2D eigenvalue weighted by Gasteiger charge is -2.13. The van der Waals surface area contributed by atoms with Crippen LogP contribution in [0.1, 0.15) is 44.7 Å². The Bertz CT molecular complexity index is 631. The van der Waals surface area contributed by atoms with E-state index in [2.05, 4.69) is 76.2 Å². The molecule has 0 spiro atoms. The van der Waals surface area contributed by atoms with Crippen molar-refractivity contribution in [2.75, 3.05) is 0 Å². The molecule has 0 saturated carbocycles.